The van der Waals surface area contributed by atoms with Crippen molar-refractivity contribution in [1.82, 2.24) is 4.72 Å². The van der Waals surface area contributed by atoms with Crippen LogP contribution in [0, 0.1) is 11.3 Å². The Morgan fingerprint density at radius 3 is 2.47 bits per heavy atom. The number of hydrogen-bond donors (Lipinski definition) is 2. The van der Waals surface area contributed by atoms with Gasteiger partial charge >= 0.3 is 0 Å². The van der Waals surface area contributed by atoms with E-state index in [-0.39, 0.29) is 12.4 Å². The lowest BCUT2D eigenvalue weighted by atomic mass is 10.2. The Bertz CT molecular complexity index is 503. The number of benzene rings is 1. The van der Waals surface area contributed by atoms with Gasteiger partial charge in [0.05, 0.1) is 24.0 Å². The van der Waals surface area contributed by atoms with Crippen LogP contribution in [0.5, 0.6) is 0 Å². The highest BCUT2D eigenvalue weighted by Crippen LogP contribution is 2.07. The van der Waals surface area contributed by atoms with Crippen LogP contribution in [0.2, 0.25) is 0 Å². The molecular formula is C11H14N2O3S. The summed E-state index contributed by atoms with van der Waals surface area (Å²) >= 11 is 0. The number of hydrogen-bond acceptors (Lipinski definition) is 4. The molecule has 0 aliphatic rings. The van der Waals surface area contributed by atoms with E-state index < -0.39 is 16.1 Å². The van der Waals surface area contributed by atoms with Crippen molar-refractivity contribution in [2.24, 2.45) is 0 Å². The maximum Gasteiger partial charge on any atom is 0.216 e. The average Bonchev–Trinajstić information content (AvgIpc) is 2.28. The van der Waals surface area contributed by atoms with Gasteiger partial charge < -0.3 is 5.11 Å². The maximum absolute atomic E-state index is 11.6. The Labute approximate surface area is 101 Å². The molecule has 0 fully saturated rings. The molecule has 0 radical (unpaired) electrons. The fourth-order valence-corrected chi connectivity index (χ4v) is 2.68. The van der Waals surface area contributed by atoms with Gasteiger partial charge in [-0.3, -0.25) is 0 Å². The van der Waals surface area contributed by atoms with E-state index in [1.165, 1.54) is 0 Å². The van der Waals surface area contributed by atoms with E-state index in [2.05, 4.69) is 4.72 Å². The molecule has 0 aliphatic carbocycles. The van der Waals surface area contributed by atoms with Crippen LogP contribution < -0.4 is 4.72 Å². The zero-order valence-electron chi connectivity index (χ0n) is 9.42. The van der Waals surface area contributed by atoms with E-state index in [4.69, 9.17) is 10.4 Å². The first-order chi connectivity index (χ1) is 7.96. The van der Waals surface area contributed by atoms with E-state index in [0.717, 1.165) is 0 Å². The van der Waals surface area contributed by atoms with Crippen LogP contribution in [0.3, 0.4) is 0 Å². The molecule has 0 unspecified atom stereocenters. The Morgan fingerprint density at radius 1 is 1.41 bits per heavy atom. The van der Waals surface area contributed by atoms with E-state index in [1.54, 1.807) is 31.2 Å². The summed E-state index contributed by atoms with van der Waals surface area (Å²) in [6.45, 7) is 1.34. The first kappa shape index (κ1) is 13.6. The summed E-state index contributed by atoms with van der Waals surface area (Å²) in [6.07, 6.45) is 0. The summed E-state index contributed by atoms with van der Waals surface area (Å²) in [6, 6.07) is 7.80. The molecule has 0 aromatic heterocycles. The first-order valence-corrected chi connectivity index (χ1v) is 6.72. The van der Waals surface area contributed by atoms with Crippen LogP contribution in [-0.2, 0) is 15.8 Å². The highest BCUT2D eigenvalue weighted by molar-refractivity contribution is 7.88. The minimum atomic E-state index is -3.46. The van der Waals surface area contributed by atoms with Crippen LogP contribution in [-0.4, -0.2) is 26.2 Å². The van der Waals surface area contributed by atoms with Gasteiger partial charge in [0.15, 0.2) is 0 Å². The summed E-state index contributed by atoms with van der Waals surface area (Å²) in [5, 5.41) is 17.4. The van der Waals surface area contributed by atoms with Crippen LogP contribution >= 0.6 is 0 Å². The quantitative estimate of drug-likeness (QED) is 0.793. The lowest BCUT2D eigenvalue weighted by Crippen LogP contribution is -2.35. The van der Waals surface area contributed by atoms with Crippen molar-refractivity contribution in [2.75, 3.05) is 6.61 Å². The van der Waals surface area contributed by atoms with Gasteiger partial charge in [-0.2, -0.15) is 5.26 Å². The van der Waals surface area contributed by atoms with Gasteiger partial charge in [0.2, 0.25) is 10.0 Å². The van der Waals surface area contributed by atoms with E-state index in [0.29, 0.717) is 11.1 Å². The third kappa shape index (κ3) is 4.53. The molecule has 0 heterocycles. The summed E-state index contributed by atoms with van der Waals surface area (Å²) in [7, 11) is -3.46. The first-order valence-electron chi connectivity index (χ1n) is 5.07. The molecule has 92 valence electrons. The van der Waals surface area contributed by atoms with Gasteiger partial charge in [-0.25, -0.2) is 13.1 Å². The highest BCUT2D eigenvalue weighted by Gasteiger charge is 2.14. The lowest BCUT2D eigenvalue weighted by Gasteiger charge is -2.11. The molecule has 1 rings (SSSR count). The monoisotopic (exact) mass is 254 g/mol. The smallest absolute Gasteiger partial charge is 0.216 e. The molecule has 1 aromatic carbocycles. The molecule has 0 amide bonds. The average molecular weight is 254 g/mol. The van der Waals surface area contributed by atoms with Crippen molar-refractivity contribution in [3.8, 4) is 6.07 Å². The molecule has 5 nitrogen and oxygen atoms in total. The van der Waals surface area contributed by atoms with E-state index in [9.17, 15) is 8.42 Å². The molecule has 0 bridgehead atoms. The number of aliphatic hydroxyl groups excluding tert-OH is 1. The molecular weight excluding hydrogens is 240 g/mol. The van der Waals surface area contributed by atoms with Gasteiger partial charge in [0, 0.05) is 6.04 Å². The number of nitrogens with one attached hydrogen (secondary N) is 1. The molecule has 0 aliphatic heterocycles. The molecule has 1 aromatic rings. The van der Waals surface area contributed by atoms with Crippen molar-refractivity contribution in [2.45, 2.75) is 18.7 Å². The number of rotatable bonds is 5. The van der Waals surface area contributed by atoms with Crippen LogP contribution in [0.1, 0.15) is 18.1 Å². The third-order valence-corrected chi connectivity index (χ3v) is 3.57. The second-order valence-electron chi connectivity index (χ2n) is 3.77. The summed E-state index contributed by atoms with van der Waals surface area (Å²) < 4.78 is 25.6. The Morgan fingerprint density at radius 2 is 2.00 bits per heavy atom. The SMILES string of the molecule is C[C@H](CO)NS(=O)(=O)Cc1ccc(C#N)cc1. The summed E-state index contributed by atoms with van der Waals surface area (Å²) in [5.74, 6) is -0.164. The Kier molecular flexibility index (Phi) is 4.63. The van der Waals surface area contributed by atoms with E-state index in [1.807, 2.05) is 6.07 Å². The van der Waals surface area contributed by atoms with Gasteiger partial charge in [-0.15, -0.1) is 0 Å². The van der Waals surface area contributed by atoms with Gasteiger partial charge in [-0.1, -0.05) is 12.1 Å². The van der Waals surface area contributed by atoms with Crippen molar-refractivity contribution in [3.63, 3.8) is 0 Å². The second kappa shape index (κ2) is 5.77. The highest BCUT2D eigenvalue weighted by atomic mass is 32.2. The molecule has 6 heteroatoms. The Hall–Kier alpha value is -1.42. The molecule has 0 saturated heterocycles. The molecule has 1 atom stereocenters. The van der Waals surface area contributed by atoms with Gasteiger partial charge in [0.25, 0.3) is 0 Å². The normalized spacial score (nSPS) is 13.0. The minimum Gasteiger partial charge on any atom is -0.395 e. The Balaban J connectivity index is 2.73. The zero-order valence-corrected chi connectivity index (χ0v) is 10.2. The minimum absolute atomic E-state index is 0.164. The van der Waals surface area contributed by atoms with Crippen molar-refractivity contribution in [1.29, 1.82) is 5.26 Å². The van der Waals surface area contributed by atoms with Crippen molar-refractivity contribution in [3.05, 3.63) is 35.4 Å². The van der Waals surface area contributed by atoms with Crippen LogP contribution in [0.15, 0.2) is 24.3 Å². The molecule has 2 N–H and O–H groups in total. The number of nitriles is 1. The fourth-order valence-electron chi connectivity index (χ4n) is 1.28. The standard InChI is InChI=1S/C11H14N2O3S/c1-9(7-14)13-17(15,16)8-11-4-2-10(6-12)3-5-11/h2-5,9,13-14H,7-8H2,1H3/t9-/m1/s1. The molecule has 0 saturated carbocycles. The predicted octanol–water partition coefficient (Wildman–Crippen LogP) is 0.358. The number of sulfonamides is 1. The third-order valence-electron chi connectivity index (χ3n) is 2.09. The summed E-state index contributed by atoms with van der Waals surface area (Å²) in [5.41, 5.74) is 1.09. The van der Waals surface area contributed by atoms with Crippen molar-refractivity contribution < 1.29 is 13.5 Å². The number of nitrogens with zero attached hydrogens (tertiary/aromatic N) is 1. The zero-order chi connectivity index (χ0) is 12.9. The van der Waals surface area contributed by atoms with Gasteiger partial charge in [0.1, 0.15) is 0 Å². The summed E-state index contributed by atoms with van der Waals surface area (Å²) in [4.78, 5) is 0. The van der Waals surface area contributed by atoms with E-state index >= 15 is 0 Å². The number of aliphatic hydroxyl groups is 1. The van der Waals surface area contributed by atoms with Crippen LogP contribution in [0.4, 0.5) is 0 Å². The fraction of sp³-hybridized carbons (Fsp3) is 0.364. The molecule has 0 spiro atoms. The van der Waals surface area contributed by atoms with Crippen molar-refractivity contribution >= 4 is 10.0 Å². The maximum atomic E-state index is 11.6. The van der Waals surface area contributed by atoms with Gasteiger partial charge in [-0.05, 0) is 24.6 Å². The topological polar surface area (TPSA) is 90.2 Å². The lowest BCUT2D eigenvalue weighted by molar-refractivity contribution is 0.265. The second-order valence-corrected chi connectivity index (χ2v) is 5.52. The van der Waals surface area contributed by atoms with Crippen LogP contribution in [0.25, 0.3) is 0 Å². The predicted molar refractivity (Wildman–Crippen MR) is 63.5 cm³/mol. The largest absolute Gasteiger partial charge is 0.395 e. The molecule has 17 heavy (non-hydrogen) atoms.